The number of nitrogens with two attached hydrogens (primary N) is 1. The summed E-state index contributed by atoms with van der Waals surface area (Å²) >= 11 is 0. The van der Waals surface area contributed by atoms with E-state index in [1.807, 2.05) is 37.3 Å². The summed E-state index contributed by atoms with van der Waals surface area (Å²) in [7, 11) is 0. The number of fused-ring (bicyclic) bond motifs is 1. The topological polar surface area (TPSA) is 61.0 Å². The third-order valence-corrected chi connectivity index (χ3v) is 3.46. The van der Waals surface area contributed by atoms with Gasteiger partial charge in [-0.1, -0.05) is 12.2 Å². The molecule has 1 aliphatic carbocycles. The van der Waals surface area contributed by atoms with Gasteiger partial charge in [-0.05, 0) is 37.8 Å². The first-order chi connectivity index (χ1) is 9.76. The van der Waals surface area contributed by atoms with Crippen LogP contribution in [-0.2, 0) is 6.42 Å². The van der Waals surface area contributed by atoms with Crippen LogP contribution < -0.4 is 10.5 Å². The van der Waals surface area contributed by atoms with Crippen LogP contribution in [0.4, 0.5) is 5.82 Å². The second-order valence-corrected chi connectivity index (χ2v) is 5.23. The Kier molecular flexibility index (Phi) is 3.54. The van der Waals surface area contributed by atoms with Gasteiger partial charge in [-0.15, -0.1) is 0 Å². The zero-order valence-corrected chi connectivity index (χ0v) is 11.7. The van der Waals surface area contributed by atoms with Crippen LogP contribution in [0.2, 0.25) is 0 Å². The molecule has 0 saturated heterocycles. The molecule has 0 unspecified atom stereocenters. The smallest absolute Gasteiger partial charge is 0.135 e. The van der Waals surface area contributed by atoms with E-state index in [0.717, 1.165) is 35.0 Å². The van der Waals surface area contributed by atoms with Crippen LogP contribution >= 0.6 is 0 Å². The third-order valence-electron chi connectivity index (χ3n) is 3.46. The molecule has 0 radical (unpaired) electrons. The van der Waals surface area contributed by atoms with E-state index in [9.17, 15) is 0 Å². The van der Waals surface area contributed by atoms with Gasteiger partial charge < -0.3 is 10.5 Å². The zero-order chi connectivity index (χ0) is 13.9. The number of rotatable bonds is 5. The van der Waals surface area contributed by atoms with Crippen LogP contribution in [0.15, 0.2) is 30.4 Å². The summed E-state index contributed by atoms with van der Waals surface area (Å²) in [6, 6.07) is 5.83. The van der Waals surface area contributed by atoms with Crippen molar-refractivity contribution < 1.29 is 4.74 Å². The van der Waals surface area contributed by atoms with Gasteiger partial charge in [-0.25, -0.2) is 9.97 Å². The summed E-state index contributed by atoms with van der Waals surface area (Å²) in [6.07, 6.45) is 7.28. The molecule has 20 heavy (non-hydrogen) atoms. The van der Waals surface area contributed by atoms with Gasteiger partial charge in [-0.3, -0.25) is 0 Å². The van der Waals surface area contributed by atoms with Gasteiger partial charge in [0.25, 0.3) is 0 Å². The van der Waals surface area contributed by atoms with Crippen LogP contribution in [0.3, 0.4) is 0 Å². The molecule has 3 rings (SSSR count). The Labute approximate surface area is 118 Å². The molecule has 0 atom stereocenters. The van der Waals surface area contributed by atoms with Gasteiger partial charge in [0.2, 0.25) is 0 Å². The molecule has 1 aliphatic rings. The summed E-state index contributed by atoms with van der Waals surface area (Å²) in [6.45, 7) is 2.78. The number of nitrogens with zero attached hydrogens (tertiary/aromatic N) is 2. The van der Waals surface area contributed by atoms with Crippen molar-refractivity contribution in [2.24, 2.45) is 5.92 Å². The molecule has 1 saturated carbocycles. The first-order valence-corrected chi connectivity index (χ1v) is 7.06. The molecule has 1 aromatic heterocycles. The predicted octanol–water partition coefficient (Wildman–Crippen LogP) is 3.12. The minimum atomic E-state index is 0.531. The molecule has 2 aromatic rings. The lowest BCUT2D eigenvalue weighted by Crippen LogP contribution is -2.02. The monoisotopic (exact) mass is 269 g/mol. The van der Waals surface area contributed by atoms with Crippen molar-refractivity contribution in [1.29, 1.82) is 0 Å². The SMILES string of the molecule is C/C=C/Cc1nc(N)c2ccc(OCC3CC3)cc2n1. The van der Waals surface area contributed by atoms with Gasteiger partial charge in [0.1, 0.15) is 17.4 Å². The Bertz CT molecular complexity index is 647. The number of aromatic nitrogens is 2. The lowest BCUT2D eigenvalue weighted by atomic mass is 10.2. The highest BCUT2D eigenvalue weighted by molar-refractivity contribution is 5.88. The van der Waals surface area contributed by atoms with Crippen LogP contribution in [0.5, 0.6) is 5.75 Å². The molecule has 0 bridgehead atoms. The maximum absolute atomic E-state index is 5.99. The average Bonchev–Trinajstić information content (AvgIpc) is 3.27. The third kappa shape index (κ3) is 2.90. The van der Waals surface area contributed by atoms with E-state index in [4.69, 9.17) is 10.5 Å². The van der Waals surface area contributed by atoms with E-state index >= 15 is 0 Å². The van der Waals surface area contributed by atoms with Gasteiger partial charge in [0, 0.05) is 17.9 Å². The van der Waals surface area contributed by atoms with Crippen molar-refractivity contribution in [2.45, 2.75) is 26.2 Å². The quantitative estimate of drug-likeness (QED) is 0.847. The Morgan fingerprint density at radius 1 is 1.35 bits per heavy atom. The number of anilines is 1. The van der Waals surface area contributed by atoms with E-state index in [-0.39, 0.29) is 0 Å². The van der Waals surface area contributed by atoms with Crippen molar-refractivity contribution >= 4 is 16.7 Å². The van der Waals surface area contributed by atoms with Crippen LogP contribution in [0.25, 0.3) is 10.9 Å². The summed E-state index contributed by atoms with van der Waals surface area (Å²) in [4.78, 5) is 8.88. The molecule has 104 valence electrons. The summed E-state index contributed by atoms with van der Waals surface area (Å²) in [5, 5.41) is 0.882. The molecule has 4 heteroatoms. The van der Waals surface area contributed by atoms with E-state index in [0.29, 0.717) is 12.2 Å². The number of hydrogen-bond acceptors (Lipinski definition) is 4. The van der Waals surface area contributed by atoms with Crippen molar-refractivity contribution in [3.63, 3.8) is 0 Å². The number of ether oxygens (including phenoxy) is 1. The number of nitrogen functional groups attached to an aromatic ring is 1. The molecule has 0 aliphatic heterocycles. The fraction of sp³-hybridized carbons (Fsp3) is 0.375. The van der Waals surface area contributed by atoms with Gasteiger partial charge in [0.15, 0.2) is 0 Å². The summed E-state index contributed by atoms with van der Waals surface area (Å²) < 4.78 is 5.78. The number of hydrogen-bond donors (Lipinski definition) is 1. The maximum Gasteiger partial charge on any atom is 0.135 e. The first-order valence-electron chi connectivity index (χ1n) is 7.06. The average molecular weight is 269 g/mol. The van der Waals surface area contributed by atoms with Crippen LogP contribution in [0, 0.1) is 5.92 Å². The maximum atomic E-state index is 5.99. The summed E-state index contributed by atoms with van der Waals surface area (Å²) in [5.41, 5.74) is 6.85. The molecule has 0 spiro atoms. The fourth-order valence-electron chi connectivity index (χ4n) is 2.09. The van der Waals surface area contributed by atoms with E-state index in [2.05, 4.69) is 9.97 Å². The Morgan fingerprint density at radius 2 is 2.20 bits per heavy atom. The normalized spacial score (nSPS) is 15.1. The van der Waals surface area contributed by atoms with E-state index in [1.165, 1.54) is 12.8 Å². The molecule has 0 amide bonds. The lowest BCUT2D eigenvalue weighted by Gasteiger charge is -2.08. The van der Waals surface area contributed by atoms with Crippen molar-refractivity contribution in [1.82, 2.24) is 9.97 Å². The van der Waals surface area contributed by atoms with Crippen molar-refractivity contribution in [3.8, 4) is 5.75 Å². The second kappa shape index (κ2) is 5.49. The minimum Gasteiger partial charge on any atom is -0.493 e. The van der Waals surface area contributed by atoms with E-state index < -0.39 is 0 Å². The standard InChI is InChI=1S/C16H19N3O/c1-2-3-4-15-18-14-9-12(20-10-11-5-6-11)7-8-13(14)16(17)19-15/h2-3,7-9,11H,4-6,10H2,1H3,(H2,17,18,19)/b3-2+. The fourth-order valence-corrected chi connectivity index (χ4v) is 2.09. The molecule has 4 nitrogen and oxygen atoms in total. The van der Waals surface area contributed by atoms with Crippen LogP contribution in [0.1, 0.15) is 25.6 Å². The number of allylic oxidation sites excluding steroid dienone is 2. The molecule has 1 heterocycles. The Hall–Kier alpha value is -2.10. The minimum absolute atomic E-state index is 0.531. The van der Waals surface area contributed by atoms with Crippen LogP contribution in [-0.4, -0.2) is 16.6 Å². The molecule has 2 N–H and O–H groups in total. The lowest BCUT2D eigenvalue weighted by molar-refractivity contribution is 0.300. The van der Waals surface area contributed by atoms with E-state index in [1.54, 1.807) is 0 Å². The highest BCUT2D eigenvalue weighted by atomic mass is 16.5. The molecular weight excluding hydrogens is 250 g/mol. The van der Waals surface area contributed by atoms with Crippen molar-refractivity contribution in [2.75, 3.05) is 12.3 Å². The van der Waals surface area contributed by atoms with Crippen molar-refractivity contribution in [3.05, 3.63) is 36.2 Å². The Morgan fingerprint density at radius 3 is 2.95 bits per heavy atom. The molecular formula is C16H19N3O. The van der Waals surface area contributed by atoms with Gasteiger partial charge in [0.05, 0.1) is 12.1 Å². The van der Waals surface area contributed by atoms with Gasteiger partial charge in [-0.2, -0.15) is 0 Å². The predicted molar refractivity (Wildman–Crippen MR) is 80.7 cm³/mol. The molecule has 1 aromatic carbocycles. The highest BCUT2D eigenvalue weighted by Crippen LogP contribution is 2.30. The second-order valence-electron chi connectivity index (χ2n) is 5.23. The number of benzene rings is 1. The molecule has 1 fully saturated rings. The summed E-state index contributed by atoms with van der Waals surface area (Å²) in [5.74, 6) is 2.88. The first kappa shape index (κ1) is 12.9. The highest BCUT2D eigenvalue weighted by Gasteiger charge is 2.21. The largest absolute Gasteiger partial charge is 0.493 e. The zero-order valence-electron chi connectivity index (χ0n) is 11.7. The Balaban J connectivity index is 1.88. The van der Waals surface area contributed by atoms with Gasteiger partial charge >= 0.3 is 0 Å².